The van der Waals surface area contributed by atoms with E-state index in [2.05, 4.69) is 20.9 Å². The third kappa shape index (κ3) is 1.57. The molecule has 2 amide bonds. The molecule has 1 aliphatic heterocycles. The highest BCUT2D eigenvalue weighted by atomic mass is 16.8. The van der Waals surface area contributed by atoms with E-state index in [0.717, 1.165) is 0 Å². The molecule has 0 radical (unpaired) electrons. The molecule has 1 rings (SSSR count). The van der Waals surface area contributed by atoms with Crippen LogP contribution in [0.2, 0.25) is 0 Å². The molecule has 0 aromatic rings. The lowest BCUT2D eigenvalue weighted by Crippen LogP contribution is -2.37. The number of nitrogens with one attached hydrogen (secondary N) is 2. The summed E-state index contributed by atoms with van der Waals surface area (Å²) in [5, 5.41) is 5.61. The molecule has 0 atom stereocenters. The van der Waals surface area contributed by atoms with Crippen molar-refractivity contribution in [1.82, 2.24) is 10.8 Å². The van der Waals surface area contributed by atoms with E-state index in [4.69, 9.17) is 5.73 Å². The van der Waals surface area contributed by atoms with Crippen LogP contribution < -0.4 is 16.5 Å². The molecule has 0 bridgehead atoms. The number of urea groups is 1. The van der Waals surface area contributed by atoms with Gasteiger partial charge in [0, 0.05) is 0 Å². The van der Waals surface area contributed by atoms with Crippen LogP contribution >= 0.6 is 0 Å². The monoisotopic (exact) mass is 130 g/mol. The van der Waals surface area contributed by atoms with Crippen molar-refractivity contribution < 1.29 is 9.73 Å². The Labute approximate surface area is 51.0 Å². The molecule has 0 fully saturated rings. The van der Waals surface area contributed by atoms with Crippen LogP contribution in [0.5, 0.6) is 0 Å². The van der Waals surface area contributed by atoms with E-state index in [-0.39, 0.29) is 0 Å². The van der Waals surface area contributed by atoms with Crippen molar-refractivity contribution in [3.05, 3.63) is 0 Å². The van der Waals surface area contributed by atoms with Gasteiger partial charge >= 0.3 is 6.03 Å². The van der Waals surface area contributed by atoms with Crippen LogP contribution in [0.25, 0.3) is 0 Å². The van der Waals surface area contributed by atoms with Crippen LogP contribution in [-0.4, -0.2) is 18.4 Å². The zero-order valence-electron chi connectivity index (χ0n) is 4.55. The fraction of sp³-hybridized carbons (Fsp3) is 0.333. The van der Waals surface area contributed by atoms with Crippen molar-refractivity contribution in [2.24, 2.45) is 10.9 Å². The van der Waals surface area contributed by atoms with Crippen LogP contribution in [0.4, 0.5) is 4.79 Å². The summed E-state index contributed by atoms with van der Waals surface area (Å²) in [4.78, 5) is 14.4. The highest BCUT2D eigenvalue weighted by Gasteiger charge is 2.07. The van der Waals surface area contributed by atoms with Gasteiger partial charge in [0.1, 0.15) is 0 Å². The maximum atomic E-state index is 10.1. The van der Waals surface area contributed by atoms with E-state index in [0.29, 0.717) is 12.4 Å². The Morgan fingerprint density at radius 2 is 2.78 bits per heavy atom. The third-order valence-electron chi connectivity index (χ3n) is 0.727. The zero-order chi connectivity index (χ0) is 6.69. The molecule has 1 heterocycles. The SMILES string of the molecule is NC(=O)NC1=NONC1. The van der Waals surface area contributed by atoms with Crippen LogP contribution in [0, 0.1) is 0 Å². The molecule has 0 aliphatic carbocycles. The van der Waals surface area contributed by atoms with E-state index in [1.165, 1.54) is 0 Å². The van der Waals surface area contributed by atoms with Crippen molar-refractivity contribution in [2.45, 2.75) is 0 Å². The number of nitrogens with two attached hydrogens (primary N) is 1. The lowest BCUT2D eigenvalue weighted by atomic mass is 10.6. The molecular weight excluding hydrogens is 124 g/mol. The Hall–Kier alpha value is -1.30. The highest BCUT2D eigenvalue weighted by Crippen LogP contribution is 1.81. The summed E-state index contributed by atoms with van der Waals surface area (Å²) < 4.78 is 0. The van der Waals surface area contributed by atoms with E-state index in [9.17, 15) is 4.79 Å². The second-order valence-electron chi connectivity index (χ2n) is 1.44. The number of oxime groups is 1. The number of amides is 2. The van der Waals surface area contributed by atoms with Gasteiger partial charge in [0.05, 0.1) is 6.54 Å². The summed E-state index contributed by atoms with van der Waals surface area (Å²) >= 11 is 0. The Kier molecular flexibility index (Phi) is 1.50. The fourth-order valence-corrected chi connectivity index (χ4v) is 0.430. The van der Waals surface area contributed by atoms with Gasteiger partial charge in [-0.05, 0) is 5.16 Å². The van der Waals surface area contributed by atoms with Crippen molar-refractivity contribution in [3.8, 4) is 0 Å². The van der Waals surface area contributed by atoms with Gasteiger partial charge in [-0.25, -0.2) is 4.79 Å². The number of carbonyl (C=O) groups is 1. The summed E-state index contributed by atoms with van der Waals surface area (Å²) in [7, 11) is 0. The van der Waals surface area contributed by atoms with Gasteiger partial charge in [-0.1, -0.05) is 0 Å². The number of amidine groups is 1. The minimum absolute atomic E-state index is 0.378. The predicted molar refractivity (Wildman–Crippen MR) is 29.2 cm³/mol. The molecule has 9 heavy (non-hydrogen) atoms. The molecule has 4 N–H and O–H groups in total. The third-order valence-corrected chi connectivity index (χ3v) is 0.727. The second kappa shape index (κ2) is 2.31. The van der Waals surface area contributed by atoms with E-state index >= 15 is 0 Å². The number of rotatable bonds is 0. The zero-order valence-corrected chi connectivity index (χ0v) is 4.55. The van der Waals surface area contributed by atoms with E-state index in [1.54, 1.807) is 0 Å². The molecule has 6 heteroatoms. The summed E-state index contributed by atoms with van der Waals surface area (Å²) in [5.41, 5.74) is 7.16. The average Bonchev–Trinajstić information content (AvgIpc) is 2.15. The molecular formula is C3H6N4O2. The first-order chi connectivity index (χ1) is 4.29. The molecule has 50 valence electrons. The van der Waals surface area contributed by atoms with Gasteiger partial charge in [0.15, 0.2) is 5.84 Å². The molecule has 0 aromatic heterocycles. The van der Waals surface area contributed by atoms with Crippen LogP contribution in [0.15, 0.2) is 5.16 Å². The smallest absolute Gasteiger partial charge is 0.317 e. The molecule has 0 unspecified atom stereocenters. The summed E-state index contributed by atoms with van der Waals surface area (Å²) in [6.07, 6.45) is 0. The van der Waals surface area contributed by atoms with E-state index in [1.807, 2.05) is 0 Å². The Bertz CT molecular complexity index is 154. The second-order valence-corrected chi connectivity index (χ2v) is 1.44. The number of hydrogen-bond donors (Lipinski definition) is 3. The normalized spacial score (nSPS) is 16.2. The lowest BCUT2D eigenvalue weighted by Gasteiger charge is -1.93. The molecule has 1 aliphatic rings. The topological polar surface area (TPSA) is 88.7 Å². The number of carbonyl (C=O) groups excluding carboxylic acids is 1. The molecule has 0 saturated heterocycles. The predicted octanol–water partition coefficient (Wildman–Crippen LogP) is -1.50. The van der Waals surface area contributed by atoms with Crippen molar-refractivity contribution in [2.75, 3.05) is 6.54 Å². The standard InChI is InChI=1S/C3H6N4O2/c4-3(8)6-2-1-5-9-7-2/h5H,1H2,(H3,4,6,7,8). The molecule has 0 spiro atoms. The van der Waals surface area contributed by atoms with Gasteiger partial charge in [0.2, 0.25) is 0 Å². The quantitative estimate of drug-likeness (QED) is 0.373. The van der Waals surface area contributed by atoms with Crippen molar-refractivity contribution >= 4 is 11.9 Å². The fourth-order valence-electron chi connectivity index (χ4n) is 0.430. The summed E-state index contributed by atoms with van der Waals surface area (Å²) in [5.74, 6) is 0.391. The first-order valence-corrected chi connectivity index (χ1v) is 2.31. The van der Waals surface area contributed by atoms with Gasteiger partial charge < -0.3 is 5.73 Å². The minimum Gasteiger partial charge on any atom is -0.351 e. The van der Waals surface area contributed by atoms with Crippen molar-refractivity contribution in [3.63, 3.8) is 0 Å². The van der Waals surface area contributed by atoms with Gasteiger partial charge in [0.25, 0.3) is 0 Å². The highest BCUT2D eigenvalue weighted by molar-refractivity contribution is 5.97. The Morgan fingerprint density at radius 3 is 3.22 bits per heavy atom. The van der Waals surface area contributed by atoms with Crippen molar-refractivity contribution in [1.29, 1.82) is 0 Å². The number of primary amides is 1. The number of hydrogen-bond acceptors (Lipinski definition) is 4. The Morgan fingerprint density at radius 1 is 2.00 bits per heavy atom. The van der Waals surface area contributed by atoms with Gasteiger partial charge in [-0.15, -0.1) is 5.48 Å². The van der Waals surface area contributed by atoms with Crippen LogP contribution in [0.3, 0.4) is 0 Å². The van der Waals surface area contributed by atoms with Gasteiger partial charge in [-0.2, -0.15) is 0 Å². The Balaban J connectivity index is 2.35. The first kappa shape index (κ1) is 5.83. The number of nitrogens with zero attached hydrogens (tertiary/aromatic N) is 1. The molecule has 0 aromatic carbocycles. The minimum atomic E-state index is -0.638. The van der Waals surface area contributed by atoms with Gasteiger partial charge in [-0.3, -0.25) is 10.3 Å². The summed E-state index contributed by atoms with van der Waals surface area (Å²) in [6, 6.07) is -0.638. The van der Waals surface area contributed by atoms with Crippen LogP contribution in [0.1, 0.15) is 0 Å². The maximum Gasteiger partial charge on any atom is 0.317 e. The first-order valence-electron chi connectivity index (χ1n) is 2.31. The summed E-state index contributed by atoms with van der Waals surface area (Å²) in [6.45, 7) is 0.378. The number of hydroxylamine groups is 1. The van der Waals surface area contributed by atoms with Crippen LogP contribution in [-0.2, 0) is 4.94 Å². The lowest BCUT2D eigenvalue weighted by molar-refractivity contribution is 0.0776. The largest absolute Gasteiger partial charge is 0.351 e. The maximum absolute atomic E-state index is 10.1. The van der Waals surface area contributed by atoms with E-state index < -0.39 is 6.03 Å². The average molecular weight is 130 g/mol. The molecule has 0 saturated carbocycles. The molecule has 6 nitrogen and oxygen atoms in total.